The van der Waals surface area contributed by atoms with E-state index >= 15 is 0 Å². The lowest BCUT2D eigenvalue weighted by atomic mass is 10.0. The monoisotopic (exact) mass is 194 g/mol. The van der Waals surface area contributed by atoms with E-state index in [2.05, 4.69) is 11.4 Å². The van der Waals surface area contributed by atoms with Gasteiger partial charge in [-0.2, -0.15) is 5.26 Å². The topological polar surface area (TPSA) is 52.9 Å². The van der Waals surface area contributed by atoms with Crippen LogP contribution in [0.3, 0.4) is 0 Å². The molecule has 0 bridgehead atoms. The van der Waals surface area contributed by atoms with Crippen molar-refractivity contribution < 1.29 is 4.79 Å². The molecule has 0 saturated heterocycles. The lowest BCUT2D eigenvalue weighted by Gasteiger charge is -2.00. The Morgan fingerprint density at radius 2 is 2.07 bits per heavy atom. The van der Waals surface area contributed by atoms with E-state index < -0.39 is 0 Å². The van der Waals surface area contributed by atoms with E-state index in [9.17, 15) is 4.79 Å². The number of benzene rings is 2. The molecule has 1 aliphatic rings. The van der Waals surface area contributed by atoms with Gasteiger partial charge in [-0.25, -0.2) is 0 Å². The van der Waals surface area contributed by atoms with Crippen molar-refractivity contribution >= 4 is 22.4 Å². The molecule has 2 aromatic rings. The van der Waals surface area contributed by atoms with Crippen LogP contribution in [0.15, 0.2) is 30.3 Å². The predicted molar refractivity (Wildman–Crippen MR) is 56.6 cm³/mol. The lowest BCUT2D eigenvalue weighted by molar-refractivity contribution is 0.103. The molecule has 0 unspecified atom stereocenters. The zero-order valence-corrected chi connectivity index (χ0v) is 7.74. The van der Waals surface area contributed by atoms with Gasteiger partial charge in [0.1, 0.15) is 0 Å². The van der Waals surface area contributed by atoms with Crippen LogP contribution in [0.25, 0.3) is 10.8 Å². The van der Waals surface area contributed by atoms with Gasteiger partial charge in [0.05, 0.1) is 11.6 Å². The second kappa shape index (κ2) is 2.58. The maximum absolute atomic E-state index is 11.6. The average molecular weight is 194 g/mol. The van der Waals surface area contributed by atoms with Crippen LogP contribution in [0, 0.1) is 11.3 Å². The lowest BCUT2D eigenvalue weighted by Crippen LogP contribution is -2.03. The second-order valence-corrected chi connectivity index (χ2v) is 3.45. The van der Waals surface area contributed by atoms with Crippen molar-refractivity contribution in [3.63, 3.8) is 0 Å². The van der Waals surface area contributed by atoms with Crippen molar-refractivity contribution in [3.05, 3.63) is 41.5 Å². The summed E-state index contributed by atoms with van der Waals surface area (Å²) in [6, 6.07) is 11.1. The van der Waals surface area contributed by atoms with E-state index in [1.165, 1.54) is 0 Å². The number of anilines is 1. The van der Waals surface area contributed by atoms with Gasteiger partial charge in [0.2, 0.25) is 0 Å². The van der Waals surface area contributed by atoms with E-state index in [-0.39, 0.29) is 5.91 Å². The molecule has 0 radical (unpaired) electrons. The number of carbonyl (C=O) groups is 1. The molecule has 0 spiro atoms. The summed E-state index contributed by atoms with van der Waals surface area (Å²) >= 11 is 0. The maximum Gasteiger partial charge on any atom is 0.256 e. The molecule has 1 aliphatic heterocycles. The summed E-state index contributed by atoms with van der Waals surface area (Å²) in [7, 11) is 0. The van der Waals surface area contributed by atoms with E-state index in [1.807, 2.05) is 6.07 Å². The van der Waals surface area contributed by atoms with E-state index in [1.54, 1.807) is 24.3 Å². The molecule has 2 aromatic carbocycles. The van der Waals surface area contributed by atoms with Gasteiger partial charge < -0.3 is 5.32 Å². The average Bonchev–Trinajstić information content (AvgIpc) is 2.59. The minimum Gasteiger partial charge on any atom is -0.321 e. The highest BCUT2D eigenvalue weighted by Crippen LogP contribution is 2.34. The van der Waals surface area contributed by atoms with E-state index in [4.69, 9.17) is 5.26 Å². The molecule has 3 nitrogen and oxygen atoms in total. The molecule has 3 rings (SSSR count). The summed E-state index contributed by atoms with van der Waals surface area (Å²) in [6.45, 7) is 0. The number of rotatable bonds is 0. The first kappa shape index (κ1) is 8.01. The smallest absolute Gasteiger partial charge is 0.256 e. The van der Waals surface area contributed by atoms with Crippen molar-refractivity contribution in [2.75, 3.05) is 5.32 Å². The maximum atomic E-state index is 11.6. The number of nitrogens with zero attached hydrogens (tertiary/aromatic N) is 1. The van der Waals surface area contributed by atoms with Crippen LogP contribution < -0.4 is 5.32 Å². The third-order valence-corrected chi connectivity index (χ3v) is 2.65. The SMILES string of the molecule is N#Cc1ccc2c3c(cccc13)C(=O)N2. The molecule has 0 aliphatic carbocycles. The Morgan fingerprint density at radius 1 is 1.20 bits per heavy atom. The molecule has 0 atom stereocenters. The van der Waals surface area contributed by atoms with Gasteiger partial charge in [-0.05, 0) is 18.2 Å². The van der Waals surface area contributed by atoms with Crippen molar-refractivity contribution in [2.45, 2.75) is 0 Å². The number of amides is 1. The fraction of sp³-hybridized carbons (Fsp3) is 0. The first-order valence-corrected chi connectivity index (χ1v) is 4.58. The highest BCUT2D eigenvalue weighted by molar-refractivity contribution is 6.24. The third-order valence-electron chi connectivity index (χ3n) is 2.65. The third kappa shape index (κ3) is 0.906. The molecule has 3 heteroatoms. The minimum atomic E-state index is -0.0920. The van der Waals surface area contributed by atoms with Crippen LogP contribution in [0.1, 0.15) is 15.9 Å². The zero-order valence-electron chi connectivity index (χ0n) is 7.74. The van der Waals surface area contributed by atoms with Gasteiger partial charge in [-0.1, -0.05) is 12.1 Å². The molecule has 0 fully saturated rings. The Hall–Kier alpha value is -2.34. The van der Waals surface area contributed by atoms with Crippen LogP contribution in [0.2, 0.25) is 0 Å². The first-order valence-electron chi connectivity index (χ1n) is 4.58. The predicted octanol–water partition coefficient (Wildman–Crippen LogP) is 2.28. The number of nitrogens with one attached hydrogen (secondary N) is 1. The van der Waals surface area contributed by atoms with Crippen LogP contribution >= 0.6 is 0 Å². The van der Waals surface area contributed by atoms with Gasteiger partial charge >= 0.3 is 0 Å². The Morgan fingerprint density at radius 3 is 2.87 bits per heavy atom. The first-order chi connectivity index (χ1) is 7.31. The van der Waals surface area contributed by atoms with Gasteiger partial charge in [0.25, 0.3) is 5.91 Å². The van der Waals surface area contributed by atoms with Crippen molar-refractivity contribution in [1.82, 2.24) is 0 Å². The standard InChI is InChI=1S/C12H6N2O/c13-6-7-4-5-10-11-8(7)2-1-3-9(11)12(15)14-10/h1-5H,(H,14,15). The fourth-order valence-corrected chi connectivity index (χ4v) is 1.99. The van der Waals surface area contributed by atoms with Crippen molar-refractivity contribution in [2.24, 2.45) is 0 Å². The molecule has 0 saturated carbocycles. The summed E-state index contributed by atoms with van der Waals surface area (Å²) < 4.78 is 0. The quantitative estimate of drug-likeness (QED) is 0.699. The number of carbonyl (C=O) groups excluding carboxylic acids is 1. The van der Waals surface area contributed by atoms with Gasteiger partial charge in [-0.15, -0.1) is 0 Å². The summed E-state index contributed by atoms with van der Waals surface area (Å²) in [5.74, 6) is -0.0920. The van der Waals surface area contributed by atoms with Gasteiger partial charge in [-0.3, -0.25) is 4.79 Å². The highest BCUT2D eigenvalue weighted by atomic mass is 16.1. The number of hydrogen-bond acceptors (Lipinski definition) is 2. The van der Waals surface area contributed by atoms with E-state index in [0.29, 0.717) is 11.1 Å². The summed E-state index contributed by atoms with van der Waals surface area (Å²) in [5.41, 5.74) is 2.05. The zero-order chi connectivity index (χ0) is 10.4. The normalized spacial score (nSPS) is 12.6. The largest absolute Gasteiger partial charge is 0.321 e. The number of nitriles is 1. The van der Waals surface area contributed by atoms with Crippen molar-refractivity contribution in [3.8, 4) is 6.07 Å². The minimum absolute atomic E-state index is 0.0920. The molecule has 70 valence electrons. The van der Waals surface area contributed by atoms with Crippen LogP contribution in [0.4, 0.5) is 5.69 Å². The van der Waals surface area contributed by atoms with Crippen LogP contribution in [0.5, 0.6) is 0 Å². The van der Waals surface area contributed by atoms with Gasteiger partial charge in [0.15, 0.2) is 0 Å². The van der Waals surface area contributed by atoms with Crippen LogP contribution in [-0.4, -0.2) is 5.91 Å². The molecule has 0 aromatic heterocycles. The van der Waals surface area contributed by atoms with Gasteiger partial charge in [0, 0.05) is 22.0 Å². The summed E-state index contributed by atoms with van der Waals surface area (Å²) in [6.07, 6.45) is 0. The van der Waals surface area contributed by atoms with Crippen molar-refractivity contribution in [1.29, 1.82) is 5.26 Å². The summed E-state index contributed by atoms with van der Waals surface area (Å²) in [5, 5.41) is 13.4. The molecule has 1 N–H and O–H groups in total. The number of hydrogen-bond donors (Lipinski definition) is 1. The fourth-order valence-electron chi connectivity index (χ4n) is 1.99. The molecule has 1 heterocycles. The second-order valence-electron chi connectivity index (χ2n) is 3.45. The van der Waals surface area contributed by atoms with E-state index in [0.717, 1.165) is 16.5 Å². The van der Waals surface area contributed by atoms with Crippen LogP contribution in [-0.2, 0) is 0 Å². The Balaban J connectivity index is 2.57. The molecule has 15 heavy (non-hydrogen) atoms. The Kier molecular flexibility index (Phi) is 1.38. The molecular formula is C12H6N2O. The molecular weight excluding hydrogens is 188 g/mol. The Bertz CT molecular complexity index is 638. The highest BCUT2D eigenvalue weighted by Gasteiger charge is 2.21. The Labute approximate surface area is 85.9 Å². The molecule has 1 amide bonds. The summed E-state index contributed by atoms with van der Waals surface area (Å²) in [4.78, 5) is 11.6.